The molecule has 0 unspecified atom stereocenters. The van der Waals surface area contributed by atoms with Crippen LogP contribution in [-0.4, -0.2) is 20.9 Å². The molecular formula is C24H25BrN2O4S. The third-order valence-electron chi connectivity index (χ3n) is 4.73. The smallest absolute Gasteiger partial charge is 0.261 e. The van der Waals surface area contributed by atoms with Gasteiger partial charge in [-0.25, -0.2) is 8.42 Å². The van der Waals surface area contributed by atoms with Gasteiger partial charge in [0.05, 0.1) is 10.9 Å². The maximum atomic E-state index is 12.7. The first-order chi connectivity index (χ1) is 15.1. The van der Waals surface area contributed by atoms with Crippen LogP contribution in [0.4, 0.5) is 5.69 Å². The molecule has 0 heterocycles. The van der Waals surface area contributed by atoms with E-state index in [0.717, 1.165) is 21.2 Å². The molecule has 0 aliphatic carbocycles. The van der Waals surface area contributed by atoms with E-state index in [4.69, 9.17) is 4.74 Å². The molecule has 0 bridgehead atoms. The van der Waals surface area contributed by atoms with Crippen molar-refractivity contribution >= 4 is 37.5 Å². The lowest BCUT2D eigenvalue weighted by Crippen LogP contribution is -2.31. The second kappa shape index (κ2) is 10.2. The van der Waals surface area contributed by atoms with Gasteiger partial charge in [0.2, 0.25) is 0 Å². The van der Waals surface area contributed by atoms with Crippen LogP contribution in [0.1, 0.15) is 29.7 Å². The van der Waals surface area contributed by atoms with E-state index in [9.17, 15) is 13.2 Å². The molecule has 8 heteroatoms. The van der Waals surface area contributed by atoms with E-state index in [1.54, 1.807) is 12.1 Å². The van der Waals surface area contributed by atoms with Crippen LogP contribution >= 0.6 is 15.9 Å². The van der Waals surface area contributed by atoms with Gasteiger partial charge in [0.25, 0.3) is 15.9 Å². The molecule has 168 valence electrons. The van der Waals surface area contributed by atoms with Gasteiger partial charge in [-0.05, 0) is 86.0 Å². The standard InChI is InChI=1S/C24H25BrN2O4S/c1-16-12-17(2)14-21(13-16)27-32(29,30)23-10-8-22(9-11-23)31-15-24(28)26-18(3)19-4-6-20(25)7-5-19/h4-14,18,27H,15H2,1-3H3,(H,26,28)/t18-/m1/s1. The van der Waals surface area contributed by atoms with Gasteiger partial charge in [-0.1, -0.05) is 34.1 Å². The molecule has 0 fully saturated rings. The van der Waals surface area contributed by atoms with Gasteiger partial charge in [-0.2, -0.15) is 0 Å². The Kier molecular flexibility index (Phi) is 7.58. The van der Waals surface area contributed by atoms with Gasteiger partial charge >= 0.3 is 0 Å². The molecule has 3 rings (SSSR count). The molecule has 0 aromatic heterocycles. The molecule has 1 amide bonds. The summed E-state index contributed by atoms with van der Waals surface area (Å²) in [5.41, 5.74) is 3.44. The lowest BCUT2D eigenvalue weighted by atomic mass is 10.1. The molecular weight excluding hydrogens is 492 g/mol. The number of rotatable bonds is 8. The Morgan fingerprint density at radius 2 is 1.56 bits per heavy atom. The predicted octanol–water partition coefficient (Wildman–Crippen LogP) is 5.12. The summed E-state index contributed by atoms with van der Waals surface area (Å²) in [4.78, 5) is 12.3. The highest BCUT2D eigenvalue weighted by Gasteiger charge is 2.15. The summed E-state index contributed by atoms with van der Waals surface area (Å²) in [5.74, 6) is 0.135. The third-order valence-corrected chi connectivity index (χ3v) is 6.65. The molecule has 0 aliphatic rings. The number of amides is 1. The Morgan fingerprint density at radius 3 is 2.16 bits per heavy atom. The Balaban J connectivity index is 1.56. The summed E-state index contributed by atoms with van der Waals surface area (Å²) < 4.78 is 34.4. The first-order valence-corrected chi connectivity index (χ1v) is 12.3. The van der Waals surface area contributed by atoms with E-state index >= 15 is 0 Å². The summed E-state index contributed by atoms with van der Waals surface area (Å²) in [6.07, 6.45) is 0. The summed E-state index contributed by atoms with van der Waals surface area (Å²) in [6, 6.07) is 19.0. The predicted molar refractivity (Wildman–Crippen MR) is 129 cm³/mol. The molecule has 3 aromatic carbocycles. The lowest BCUT2D eigenvalue weighted by Gasteiger charge is -2.15. The minimum Gasteiger partial charge on any atom is -0.484 e. The van der Waals surface area contributed by atoms with E-state index in [1.165, 1.54) is 24.3 Å². The molecule has 2 N–H and O–H groups in total. The average Bonchev–Trinajstić information content (AvgIpc) is 2.72. The van der Waals surface area contributed by atoms with E-state index in [0.29, 0.717) is 11.4 Å². The van der Waals surface area contributed by atoms with Crippen molar-refractivity contribution in [3.05, 3.63) is 87.9 Å². The highest BCUT2D eigenvalue weighted by molar-refractivity contribution is 9.10. The van der Waals surface area contributed by atoms with Crippen molar-refractivity contribution < 1.29 is 17.9 Å². The number of halogens is 1. The monoisotopic (exact) mass is 516 g/mol. The molecule has 0 radical (unpaired) electrons. The van der Waals surface area contributed by atoms with Gasteiger partial charge in [0.15, 0.2) is 6.61 Å². The summed E-state index contributed by atoms with van der Waals surface area (Å²) in [7, 11) is -3.73. The maximum Gasteiger partial charge on any atom is 0.261 e. The van der Waals surface area contributed by atoms with Crippen molar-refractivity contribution in [2.75, 3.05) is 11.3 Å². The number of nitrogens with one attached hydrogen (secondary N) is 2. The number of sulfonamides is 1. The highest BCUT2D eigenvalue weighted by Crippen LogP contribution is 2.21. The van der Waals surface area contributed by atoms with E-state index in [1.807, 2.05) is 51.1 Å². The van der Waals surface area contributed by atoms with Gasteiger partial charge < -0.3 is 10.1 Å². The quantitative estimate of drug-likeness (QED) is 0.434. The number of hydrogen-bond acceptors (Lipinski definition) is 4. The largest absolute Gasteiger partial charge is 0.484 e. The normalized spacial score (nSPS) is 12.1. The number of carbonyl (C=O) groups is 1. The van der Waals surface area contributed by atoms with Crippen molar-refractivity contribution in [2.24, 2.45) is 0 Å². The average molecular weight is 517 g/mol. The fourth-order valence-electron chi connectivity index (χ4n) is 3.23. The Bertz CT molecular complexity index is 1170. The van der Waals surface area contributed by atoms with Crippen molar-refractivity contribution in [3.63, 3.8) is 0 Å². The van der Waals surface area contributed by atoms with E-state index < -0.39 is 10.0 Å². The summed E-state index contributed by atoms with van der Waals surface area (Å²) in [5, 5.41) is 2.87. The number of benzene rings is 3. The molecule has 0 spiro atoms. The zero-order chi connectivity index (χ0) is 23.3. The van der Waals surface area contributed by atoms with Crippen LogP contribution < -0.4 is 14.8 Å². The highest BCUT2D eigenvalue weighted by atomic mass is 79.9. The Hall–Kier alpha value is -2.84. The molecule has 0 saturated heterocycles. The van der Waals surface area contributed by atoms with Crippen LogP contribution in [0.25, 0.3) is 0 Å². The second-order valence-electron chi connectivity index (χ2n) is 7.58. The molecule has 6 nitrogen and oxygen atoms in total. The second-order valence-corrected chi connectivity index (χ2v) is 10.2. The summed E-state index contributed by atoms with van der Waals surface area (Å²) in [6.45, 7) is 5.54. The lowest BCUT2D eigenvalue weighted by molar-refractivity contribution is -0.123. The number of hydrogen-bond donors (Lipinski definition) is 2. The van der Waals surface area contributed by atoms with Crippen LogP contribution in [-0.2, 0) is 14.8 Å². The van der Waals surface area contributed by atoms with Gasteiger partial charge in [0, 0.05) is 10.2 Å². The van der Waals surface area contributed by atoms with E-state index in [2.05, 4.69) is 26.0 Å². The fourth-order valence-corrected chi connectivity index (χ4v) is 4.53. The number of anilines is 1. The first-order valence-electron chi connectivity index (χ1n) is 10.0. The topological polar surface area (TPSA) is 84.5 Å². The van der Waals surface area contributed by atoms with Gasteiger partial charge in [0.1, 0.15) is 5.75 Å². The maximum absolute atomic E-state index is 12.7. The van der Waals surface area contributed by atoms with Crippen LogP contribution in [0.15, 0.2) is 76.1 Å². The minimum atomic E-state index is -3.73. The number of ether oxygens (including phenoxy) is 1. The third kappa shape index (κ3) is 6.58. The SMILES string of the molecule is Cc1cc(C)cc(NS(=O)(=O)c2ccc(OCC(=O)N[C@H](C)c3ccc(Br)cc3)cc2)c1. The van der Waals surface area contributed by atoms with Crippen molar-refractivity contribution in [3.8, 4) is 5.75 Å². The molecule has 32 heavy (non-hydrogen) atoms. The number of carbonyl (C=O) groups excluding carboxylic acids is 1. The van der Waals surface area contributed by atoms with Crippen LogP contribution in [0.5, 0.6) is 5.75 Å². The van der Waals surface area contributed by atoms with Crippen molar-refractivity contribution in [2.45, 2.75) is 31.7 Å². The van der Waals surface area contributed by atoms with Crippen LogP contribution in [0, 0.1) is 13.8 Å². The molecule has 0 aliphatic heterocycles. The zero-order valence-corrected chi connectivity index (χ0v) is 20.5. The minimum absolute atomic E-state index is 0.109. The molecule has 3 aromatic rings. The Morgan fingerprint density at radius 1 is 0.969 bits per heavy atom. The van der Waals surface area contributed by atoms with Gasteiger partial charge in [-0.15, -0.1) is 0 Å². The van der Waals surface area contributed by atoms with Crippen molar-refractivity contribution in [1.29, 1.82) is 0 Å². The Labute approximate surface area is 197 Å². The number of aryl methyl sites for hydroxylation is 2. The van der Waals surface area contributed by atoms with E-state index in [-0.39, 0.29) is 23.5 Å². The van der Waals surface area contributed by atoms with Crippen molar-refractivity contribution in [1.82, 2.24) is 5.32 Å². The van der Waals surface area contributed by atoms with Crippen LogP contribution in [0.2, 0.25) is 0 Å². The van der Waals surface area contributed by atoms with Gasteiger partial charge in [-0.3, -0.25) is 9.52 Å². The zero-order valence-electron chi connectivity index (χ0n) is 18.1. The first kappa shape index (κ1) is 23.8. The fraction of sp³-hybridized carbons (Fsp3) is 0.208. The molecule has 1 atom stereocenters. The summed E-state index contributed by atoms with van der Waals surface area (Å²) >= 11 is 3.39. The molecule has 0 saturated carbocycles. The van der Waals surface area contributed by atoms with Crippen LogP contribution in [0.3, 0.4) is 0 Å².